The number of likely N-dealkylation sites (tertiary alicyclic amines) is 1. The van der Waals surface area contributed by atoms with Gasteiger partial charge in [0.2, 0.25) is 5.91 Å². The fourth-order valence-corrected chi connectivity index (χ4v) is 5.54. The lowest BCUT2D eigenvalue weighted by molar-refractivity contribution is -0.118. The Kier molecular flexibility index (Phi) is 7.15. The second kappa shape index (κ2) is 9.39. The van der Waals surface area contributed by atoms with Crippen molar-refractivity contribution < 1.29 is 13.2 Å². The number of benzene rings is 1. The van der Waals surface area contributed by atoms with Gasteiger partial charge in [-0.1, -0.05) is 24.6 Å². The monoisotopic (exact) mass is 440 g/mol. The van der Waals surface area contributed by atoms with Gasteiger partial charge in [-0.05, 0) is 67.6 Å². The van der Waals surface area contributed by atoms with E-state index in [2.05, 4.69) is 23.2 Å². The third-order valence-corrected chi connectivity index (χ3v) is 7.98. The summed E-state index contributed by atoms with van der Waals surface area (Å²) in [4.78, 5) is 16.1. The highest BCUT2D eigenvalue weighted by atomic mass is 35.5. The van der Waals surface area contributed by atoms with Gasteiger partial charge in [0, 0.05) is 16.4 Å². The van der Waals surface area contributed by atoms with Crippen LogP contribution < -0.4 is 5.32 Å². The number of halogens is 1. The van der Waals surface area contributed by atoms with Crippen LogP contribution in [0.25, 0.3) is 0 Å². The number of nitrogens with zero attached hydrogens (tertiary/aromatic N) is 1. The molecule has 1 aromatic carbocycles. The lowest BCUT2D eigenvalue weighted by Gasteiger charge is -2.36. The number of carbonyl (C=O) groups excluding carboxylic acids is 1. The SMILES string of the molecule is CC1CCN(C(CNC(=O)CS(=O)(=O)c2ccc(Cl)cc2)c2cccs2)CC1. The Morgan fingerprint density at radius 3 is 2.54 bits per heavy atom. The lowest BCUT2D eigenvalue weighted by Crippen LogP contribution is -2.42. The van der Waals surface area contributed by atoms with Crippen LogP contribution in [0.3, 0.4) is 0 Å². The molecular weight excluding hydrogens is 416 g/mol. The van der Waals surface area contributed by atoms with E-state index in [4.69, 9.17) is 11.6 Å². The highest BCUT2D eigenvalue weighted by Crippen LogP contribution is 2.29. The molecule has 0 spiro atoms. The molecule has 0 saturated carbocycles. The van der Waals surface area contributed by atoms with E-state index in [1.165, 1.54) is 29.1 Å². The average molecular weight is 441 g/mol. The summed E-state index contributed by atoms with van der Waals surface area (Å²) in [5, 5.41) is 5.32. The zero-order chi connectivity index (χ0) is 20.1. The molecule has 28 heavy (non-hydrogen) atoms. The summed E-state index contributed by atoms with van der Waals surface area (Å²) in [6, 6.07) is 10.0. The molecule has 5 nitrogen and oxygen atoms in total. The van der Waals surface area contributed by atoms with Crippen molar-refractivity contribution in [2.24, 2.45) is 5.92 Å². The van der Waals surface area contributed by atoms with Crippen LogP contribution in [-0.2, 0) is 14.6 Å². The minimum absolute atomic E-state index is 0.0784. The van der Waals surface area contributed by atoms with Crippen LogP contribution in [0.2, 0.25) is 5.02 Å². The third-order valence-electron chi connectivity index (χ3n) is 5.12. The van der Waals surface area contributed by atoms with Gasteiger partial charge < -0.3 is 5.32 Å². The molecule has 8 heteroatoms. The number of nitrogens with one attached hydrogen (secondary N) is 1. The summed E-state index contributed by atoms with van der Waals surface area (Å²) in [7, 11) is -3.69. The molecule has 1 saturated heterocycles. The molecule has 0 aliphatic carbocycles. The largest absolute Gasteiger partial charge is 0.353 e. The number of thiophene rings is 1. The topological polar surface area (TPSA) is 66.5 Å². The molecular formula is C20H25ClN2O3S2. The first-order chi connectivity index (χ1) is 13.3. The third kappa shape index (κ3) is 5.56. The Balaban J connectivity index is 1.62. The number of rotatable bonds is 7. The number of sulfone groups is 1. The first-order valence-electron chi connectivity index (χ1n) is 9.37. The van der Waals surface area contributed by atoms with Crippen molar-refractivity contribution in [2.45, 2.75) is 30.7 Å². The molecule has 1 unspecified atom stereocenters. The van der Waals surface area contributed by atoms with Crippen molar-refractivity contribution in [3.63, 3.8) is 0 Å². The van der Waals surface area contributed by atoms with Gasteiger partial charge in [-0.25, -0.2) is 8.42 Å². The molecule has 2 aromatic rings. The Hall–Kier alpha value is -1.41. The summed E-state index contributed by atoms with van der Waals surface area (Å²) in [6.45, 7) is 4.65. The van der Waals surface area contributed by atoms with E-state index >= 15 is 0 Å². The summed E-state index contributed by atoms with van der Waals surface area (Å²) < 4.78 is 24.9. The molecule has 1 amide bonds. The van der Waals surface area contributed by atoms with Gasteiger partial charge in [0.15, 0.2) is 9.84 Å². The van der Waals surface area contributed by atoms with Gasteiger partial charge in [0.1, 0.15) is 5.75 Å². The van der Waals surface area contributed by atoms with Crippen molar-refractivity contribution in [2.75, 3.05) is 25.4 Å². The van der Waals surface area contributed by atoms with E-state index in [0.29, 0.717) is 11.6 Å². The van der Waals surface area contributed by atoms with Gasteiger partial charge in [-0.2, -0.15) is 0 Å². The Morgan fingerprint density at radius 1 is 1.25 bits per heavy atom. The van der Waals surface area contributed by atoms with E-state index < -0.39 is 21.5 Å². The predicted molar refractivity (Wildman–Crippen MR) is 114 cm³/mol. The van der Waals surface area contributed by atoms with Crippen LogP contribution in [0.15, 0.2) is 46.7 Å². The molecule has 0 radical (unpaired) electrons. The average Bonchev–Trinajstić information content (AvgIpc) is 3.18. The van der Waals surface area contributed by atoms with E-state index in [1.807, 2.05) is 11.4 Å². The Labute approximate surface area is 175 Å². The maximum absolute atomic E-state index is 12.5. The van der Waals surface area contributed by atoms with Crippen molar-refractivity contribution in [3.8, 4) is 0 Å². The van der Waals surface area contributed by atoms with Crippen molar-refractivity contribution in [1.82, 2.24) is 10.2 Å². The zero-order valence-corrected chi connectivity index (χ0v) is 18.2. The number of hydrogen-bond donors (Lipinski definition) is 1. The van der Waals surface area contributed by atoms with E-state index in [0.717, 1.165) is 31.8 Å². The molecule has 1 aliphatic rings. The molecule has 152 valence electrons. The summed E-state index contributed by atoms with van der Waals surface area (Å²) in [5.41, 5.74) is 0. The standard InChI is InChI=1S/C20H25ClN2O3S2/c1-15-8-10-23(11-9-15)18(19-3-2-12-27-19)13-22-20(24)14-28(25,26)17-6-4-16(21)5-7-17/h2-7,12,15,18H,8-11,13-14H2,1H3,(H,22,24). The van der Waals surface area contributed by atoms with Gasteiger partial charge in [0.25, 0.3) is 0 Å². The second-order valence-electron chi connectivity index (χ2n) is 7.27. The quantitative estimate of drug-likeness (QED) is 0.711. The van der Waals surface area contributed by atoms with Crippen LogP contribution in [0, 0.1) is 5.92 Å². The maximum Gasteiger partial charge on any atom is 0.235 e. The van der Waals surface area contributed by atoms with E-state index in [9.17, 15) is 13.2 Å². The maximum atomic E-state index is 12.5. The molecule has 0 bridgehead atoms. The minimum atomic E-state index is -3.69. The smallest absolute Gasteiger partial charge is 0.235 e. The predicted octanol–water partition coefficient (Wildman–Crippen LogP) is 3.76. The molecule has 1 aromatic heterocycles. The van der Waals surface area contributed by atoms with Crippen molar-refractivity contribution in [3.05, 3.63) is 51.7 Å². The van der Waals surface area contributed by atoms with Gasteiger partial charge >= 0.3 is 0 Å². The van der Waals surface area contributed by atoms with Crippen LogP contribution in [0.5, 0.6) is 0 Å². The number of amides is 1. The molecule has 2 heterocycles. The van der Waals surface area contributed by atoms with Gasteiger partial charge in [-0.15, -0.1) is 11.3 Å². The second-order valence-corrected chi connectivity index (χ2v) is 10.7. The minimum Gasteiger partial charge on any atom is -0.353 e. The van der Waals surface area contributed by atoms with Crippen LogP contribution in [0.1, 0.15) is 30.7 Å². The van der Waals surface area contributed by atoms with Crippen molar-refractivity contribution in [1.29, 1.82) is 0 Å². The molecule has 3 rings (SSSR count). The zero-order valence-electron chi connectivity index (χ0n) is 15.8. The molecule has 1 atom stereocenters. The highest BCUT2D eigenvalue weighted by molar-refractivity contribution is 7.92. The fraction of sp³-hybridized carbons (Fsp3) is 0.450. The normalized spacial score (nSPS) is 17.4. The van der Waals surface area contributed by atoms with Gasteiger partial charge in [-0.3, -0.25) is 9.69 Å². The van der Waals surface area contributed by atoms with Gasteiger partial charge in [0.05, 0.1) is 10.9 Å². The van der Waals surface area contributed by atoms with Crippen molar-refractivity contribution >= 4 is 38.7 Å². The summed E-state index contributed by atoms with van der Waals surface area (Å²) in [6.07, 6.45) is 2.28. The van der Waals surface area contributed by atoms with E-state index in [1.54, 1.807) is 11.3 Å². The Morgan fingerprint density at radius 2 is 1.93 bits per heavy atom. The lowest BCUT2D eigenvalue weighted by atomic mass is 9.97. The first kappa shape index (κ1) is 21.3. The van der Waals surface area contributed by atoms with Crippen LogP contribution in [0.4, 0.5) is 0 Å². The van der Waals surface area contributed by atoms with Crippen LogP contribution in [-0.4, -0.2) is 44.6 Å². The number of hydrogen-bond acceptors (Lipinski definition) is 5. The van der Waals surface area contributed by atoms with E-state index in [-0.39, 0.29) is 10.9 Å². The fourth-order valence-electron chi connectivity index (χ4n) is 3.39. The number of piperidine rings is 1. The molecule has 1 fully saturated rings. The van der Waals surface area contributed by atoms with Crippen LogP contribution >= 0.6 is 22.9 Å². The molecule has 1 aliphatic heterocycles. The molecule has 1 N–H and O–H groups in total. The first-order valence-corrected chi connectivity index (χ1v) is 12.3. The summed E-state index contributed by atoms with van der Waals surface area (Å²) >= 11 is 7.47. The Bertz CT molecular complexity index is 875. The highest BCUT2D eigenvalue weighted by Gasteiger charge is 2.26. The summed E-state index contributed by atoms with van der Waals surface area (Å²) in [5.74, 6) is -0.329. The number of carbonyl (C=O) groups is 1.